The van der Waals surface area contributed by atoms with E-state index in [-0.39, 0.29) is 5.56 Å². The second kappa shape index (κ2) is 7.49. The van der Waals surface area contributed by atoms with Crippen LogP contribution in [-0.2, 0) is 19.4 Å². The van der Waals surface area contributed by atoms with Crippen LogP contribution in [0.4, 0.5) is 0 Å². The van der Waals surface area contributed by atoms with Crippen molar-refractivity contribution < 1.29 is 0 Å². The summed E-state index contributed by atoms with van der Waals surface area (Å²) in [5.74, 6) is 0. The Morgan fingerprint density at radius 1 is 0.947 bits per heavy atom. The van der Waals surface area contributed by atoms with Crippen LogP contribution in [0.2, 0.25) is 0 Å². The van der Waals surface area contributed by atoms with E-state index in [0.717, 1.165) is 24.1 Å². The van der Waals surface area contributed by atoms with Crippen LogP contribution >= 0.6 is 0 Å². The molecule has 3 nitrogen and oxygen atoms in total. The number of hydrogen-bond acceptors (Lipinski definition) is 2. The maximum absolute atomic E-state index is 11.9. The lowest BCUT2D eigenvalue weighted by atomic mass is 9.97. The minimum Gasteiger partial charge on any atom is -0.326 e. The van der Waals surface area contributed by atoms with E-state index in [1.807, 2.05) is 6.07 Å². The predicted molar refractivity (Wildman–Crippen MR) is 79.3 cm³/mol. The normalized spacial score (nSPS) is 18.2. The van der Waals surface area contributed by atoms with Crippen molar-refractivity contribution in [1.29, 1.82) is 0 Å². The summed E-state index contributed by atoms with van der Waals surface area (Å²) in [6.45, 7) is 0.336. The van der Waals surface area contributed by atoms with Gasteiger partial charge >= 0.3 is 0 Å². The zero-order valence-electron chi connectivity index (χ0n) is 11.8. The Labute approximate surface area is 115 Å². The summed E-state index contributed by atoms with van der Waals surface area (Å²) in [6, 6.07) is 2.04. The number of pyridine rings is 1. The van der Waals surface area contributed by atoms with Crippen LogP contribution in [0.3, 0.4) is 0 Å². The molecule has 0 amide bonds. The Bertz CT molecular complexity index is 451. The molecule has 0 saturated carbocycles. The molecule has 3 heteroatoms. The van der Waals surface area contributed by atoms with Crippen LogP contribution in [-0.4, -0.2) is 4.98 Å². The van der Waals surface area contributed by atoms with Crippen molar-refractivity contribution in [3.63, 3.8) is 0 Å². The van der Waals surface area contributed by atoms with E-state index in [0.29, 0.717) is 6.54 Å². The van der Waals surface area contributed by atoms with E-state index in [9.17, 15) is 4.79 Å². The maximum atomic E-state index is 11.9. The highest BCUT2D eigenvalue weighted by Crippen LogP contribution is 2.17. The summed E-state index contributed by atoms with van der Waals surface area (Å²) < 4.78 is 0. The first-order chi connectivity index (χ1) is 9.31. The Morgan fingerprint density at radius 3 is 2.16 bits per heavy atom. The number of nitrogens with one attached hydrogen (secondary N) is 1. The molecule has 106 valence electrons. The van der Waals surface area contributed by atoms with Gasteiger partial charge in [-0.3, -0.25) is 4.79 Å². The molecule has 3 N–H and O–H groups in total. The van der Waals surface area contributed by atoms with E-state index in [1.54, 1.807) is 0 Å². The molecule has 0 aliphatic heterocycles. The molecule has 0 aromatic carbocycles. The zero-order chi connectivity index (χ0) is 13.5. The molecule has 1 aromatic rings. The minimum atomic E-state index is 0.00773. The van der Waals surface area contributed by atoms with Crippen molar-refractivity contribution in [3.05, 3.63) is 33.2 Å². The van der Waals surface area contributed by atoms with Crippen LogP contribution in [0.25, 0.3) is 0 Å². The summed E-state index contributed by atoms with van der Waals surface area (Å²) in [4.78, 5) is 14.9. The van der Waals surface area contributed by atoms with Gasteiger partial charge in [0.15, 0.2) is 0 Å². The Kier molecular flexibility index (Phi) is 5.64. The van der Waals surface area contributed by atoms with Gasteiger partial charge in [-0.2, -0.15) is 0 Å². The minimum absolute atomic E-state index is 0.00773. The van der Waals surface area contributed by atoms with Gasteiger partial charge in [0.25, 0.3) is 5.56 Å². The first-order valence-corrected chi connectivity index (χ1v) is 7.75. The van der Waals surface area contributed by atoms with Crippen molar-refractivity contribution in [1.82, 2.24) is 4.98 Å². The van der Waals surface area contributed by atoms with Gasteiger partial charge in [-0.15, -0.1) is 0 Å². The number of nitrogens with two attached hydrogens (primary N) is 1. The maximum Gasteiger partial charge on any atom is 0.252 e. The van der Waals surface area contributed by atoms with Crippen molar-refractivity contribution in [2.75, 3.05) is 0 Å². The number of fused-ring (bicyclic) bond motifs is 1. The van der Waals surface area contributed by atoms with Crippen molar-refractivity contribution >= 4 is 0 Å². The summed E-state index contributed by atoms with van der Waals surface area (Å²) >= 11 is 0. The molecule has 1 aliphatic rings. The molecule has 0 fully saturated rings. The quantitative estimate of drug-likeness (QED) is 0.817. The molecule has 0 unspecified atom stereocenters. The summed E-state index contributed by atoms with van der Waals surface area (Å²) in [5.41, 5.74) is 8.85. The summed E-state index contributed by atoms with van der Waals surface area (Å²) in [6.07, 6.45) is 12.5. The van der Waals surface area contributed by atoms with Gasteiger partial charge in [0.05, 0.1) is 0 Å². The third kappa shape index (κ3) is 4.20. The highest BCUT2D eigenvalue weighted by molar-refractivity contribution is 5.26. The van der Waals surface area contributed by atoms with E-state index in [1.165, 1.54) is 56.9 Å². The average Bonchev–Trinajstić information content (AvgIpc) is 2.40. The van der Waals surface area contributed by atoms with Gasteiger partial charge in [-0.1, -0.05) is 38.5 Å². The van der Waals surface area contributed by atoms with Crippen molar-refractivity contribution in [2.24, 2.45) is 5.73 Å². The molecule has 2 rings (SSSR count). The van der Waals surface area contributed by atoms with Crippen LogP contribution in [0.1, 0.15) is 68.2 Å². The first kappa shape index (κ1) is 14.3. The average molecular weight is 262 g/mol. The molecule has 0 spiro atoms. The summed E-state index contributed by atoms with van der Waals surface area (Å²) in [7, 11) is 0. The Morgan fingerprint density at radius 2 is 1.53 bits per heavy atom. The van der Waals surface area contributed by atoms with Gasteiger partial charge in [0.2, 0.25) is 0 Å². The second-order valence-electron chi connectivity index (χ2n) is 5.66. The molecule has 1 aliphatic carbocycles. The predicted octanol–water partition coefficient (Wildman–Crippen LogP) is 3.05. The topological polar surface area (TPSA) is 58.9 Å². The van der Waals surface area contributed by atoms with Gasteiger partial charge in [0, 0.05) is 17.8 Å². The fraction of sp³-hybridized carbons (Fsp3) is 0.688. The van der Waals surface area contributed by atoms with Crippen molar-refractivity contribution in [3.8, 4) is 0 Å². The van der Waals surface area contributed by atoms with E-state index >= 15 is 0 Å². The van der Waals surface area contributed by atoms with E-state index < -0.39 is 0 Å². The number of aryl methyl sites for hydroxylation is 2. The van der Waals surface area contributed by atoms with Gasteiger partial charge in [0.1, 0.15) is 0 Å². The molecule has 19 heavy (non-hydrogen) atoms. The number of H-pyrrole nitrogens is 1. The lowest BCUT2D eigenvalue weighted by Crippen LogP contribution is -2.19. The van der Waals surface area contributed by atoms with Crippen LogP contribution < -0.4 is 11.3 Å². The monoisotopic (exact) mass is 262 g/mol. The fourth-order valence-electron chi connectivity index (χ4n) is 2.94. The Balaban J connectivity index is 2.18. The molecular formula is C16H26N2O. The van der Waals surface area contributed by atoms with E-state index in [2.05, 4.69) is 4.98 Å². The molecule has 0 saturated heterocycles. The highest BCUT2D eigenvalue weighted by Gasteiger charge is 2.08. The first-order valence-electron chi connectivity index (χ1n) is 7.75. The number of hydrogen-bond donors (Lipinski definition) is 2. The lowest BCUT2D eigenvalue weighted by Gasteiger charge is -2.12. The van der Waals surface area contributed by atoms with Crippen LogP contribution in [0, 0.1) is 0 Å². The lowest BCUT2D eigenvalue weighted by molar-refractivity contribution is 0.556. The van der Waals surface area contributed by atoms with Crippen LogP contribution in [0.5, 0.6) is 0 Å². The Hall–Kier alpha value is -1.09. The zero-order valence-corrected chi connectivity index (χ0v) is 11.8. The van der Waals surface area contributed by atoms with Crippen LogP contribution in [0.15, 0.2) is 10.9 Å². The van der Waals surface area contributed by atoms with Gasteiger partial charge < -0.3 is 10.7 Å². The molecule has 1 aromatic heterocycles. The van der Waals surface area contributed by atoms with E-state index in [4.69, 9.17) is 5.73 Å². The number of rotatable bonds is 1. The molecule has 1 heterocycles. The molecular weight excluding hydrogens is 236 g/mol. The number of aromatic amines is 1. The summed E-state index contributed by atoms with van der Waals surface area (Å²) in [5, 5.41) is 0. The highest BCUT2D eigenvalue weighted by atomic mass is 16.1. The molecule has 0 bridgehead atoms. The van der Waals surface area contributed by atoms with Gasteiger partial charge in [-0.25, -0.2) is 0 Å². The third-order valence-corrected chi connectivity index (χ3v) is 4.13. The fourth-order valence-corrected chi connectivity index (χ4v) is 2.94. The molecule has 0 atom stereocenters. The number of aromatic nitrogens is 1. The smallest absolute Gasteiger partial charge is 0.252 e. The largest absolute Gasteiger partial charge is 0.326 e. The molecule has 0 radical (unpaired) electrons. The SMILES string of the molecule is NCc1cc2c([nH]c1=O)CCCCCCCCCC2. The van der Waals surface area contributed by atoms with Crippen molar-refractivity contribution in [2.45, 2.75) is 70.8 Å². The second-order valence-corrected chi connectivity index (χ2v) is 5.66. The van der Waals surface area contributed by atoms with Gasteiger partial charge in [-0.05, 0) is 37.3 Å². The standard InChI is InChI=1S/C16H26N2O/c17-12-14-11-13-9-7-5-3-1-2-4-6-8-10-15(13)18-16(14)19/h11H,1-10,12,17H2,(H,18,19). The third-order valence-electron chi connectivity index (χ3n) is 4.13.